The third kappa shape index (κ3) is 3.78. The van der Waals surface area contributed by atoms with Gasteiger partial charge in [0.2, 0.25) is 10.0 Å². The number of hydrogen-bond acceptors (Lipinski definition) is 3. The van der Waals surface area contributed by atoms with E-state index in [0.717, 1.165) is 31.4 Å². The van der Waals surface area contributed by atoms with Crippen LogP contribution in [-0.2, 0) is 16.6 Å². The fourth-order valence-corrected chi connectivity index (χ4v) is 3.70. The number of nitrogens with one attached hydrogen (secondary N) is 1. The normalized spacial score (nSPS) is 17.0. The highest BCUT2D eigenvalue weighted by Crippen LogP contribution is 2.34. The predicted molar refractivity (Wildman–Crippen MR) is 74.0 cm³/mol. The molecule has 0 amide bonds. The van der Waals surface area contributed by atoms with Crippen molar-refractivity contribution >= 4 is 10.0 Å². The first-order valence-corrected chi connectivity index (χ1v) is 8.47. The molecule has 21 heavy (non-hydrogen) atoms. The summed E-state index contributed by atoms with van der Waals surface area (Å²) in [5.41, 5.74) is -0.631. The standard InChI is InChI=1S/C14H19F2NO3S/c1-2-10(7-9-3-4-9)17-21(19,20)13-6-5-12(15)11(8-18)14(13)16/h5-6,9-10,17-18H,2-4,7-8H2,1H3. The Kier molecular flexibility index (Phi) is 4.95. The van der Waals surface area contributed by atoms with Gasteiger partial charge >= 0.3 is 0 Å². The Balaban J connectivity index is 2.26. The van der Waals surface area contributed by atoms with Gasteiger partial charge in [0.1, 0.15) is 10.7 Å². The summed E-state index contributed by atoms with van der Waals surface area (Å²) in [6.07, 6.45) is 3.52. The van der Waals surface area contributed by atoms with E-state index in [1.165, 1.54) is 0 Å². The second kappa shape index (κ2) is 6.37. The van der Waals surface area contributed by atoms with Crippen LogP contribution in [0, 0.1) is 17.6 Å². The van der Waals surface area contributed by atoms with E-state index in [2.05, 4.69) is 4.72 Å². The number of hydrogen-bond donors (Lipinski definition) is 2. The lowest BCUT2D eigenvalue weighted by molar-refractivity contribution is 0.267. The quantitative estimate of drug-likeness (QED) is 0.810. The highest BCUT2D eigenvalue weighted by molar-refractivity contribution is 7.89. The van der Waals surface area contributed by atoms with Crippen LogP contribution in [-0.4, -0.2) is 19.6 Å². The van der Waals surface area contributed by atoms with E-state index in [9.17, 15) is 17.2 Å². The Bertz CT molecular complexity index is 615. The van der Waals surface area contributed by atoms with Gasteiger partial charge in [-0.05, 0) is 30.9 Å². The van der Waals surface area contributed by atoms with E-state index in [4.69, 9.17) is 5.11 Å². The highest BCUT2D eigenvalue weighted by atomic mass is 32.2. The minimum atomic E-state index is -4.07. The summed E-state index contributed by atoms with van der Waals surface area (Å²) in [5.74, 6) is -1.66. The van der Waals surface area contributed by atoms with Crippen molar-refractivity contribution < 1.29 is 22.3 Å². The third-order valence-corrected chi connectivity index (χ3v) is 5.27. The Morgan fingerprint density at radius 1 is 1.38 bits per heavy atom. The van der Waals surface area contributed by atoms with Crippen LogP contribution in [0.1, 0.15) is 38.2 Å². The minimum Gasteiger partial charge on any atom is -0.391 e. The van der Waals surface area contributed by atoms with Gasteiger partial charge in [0.05, 0.1) is 12.2 Å². The topological polar surface area (TPSA) is 66.4 Å². The molecule has 118 valence electrons. The van der Waals surface area contributed by atoms with Gasteiger partial charge in [0.25, 0.3) is 0 Å². The molecule has 4 nitrogen and oxygen atoms in total. The predicted octanol–water partition coefficient (Wildman–Crippen LogP) is 2.31. The molecule has 1 aliphatic rings. The largest absolute Gasteiger partial charge is 0.391 e. The van der Waals surface area contributed by atoms with Crippen molar-refractivity contribution in [3.8, 4) is 0 Å². The molecule has 1 saturated carbocycles. The van der Waals surface area contributed by atoms with Gasteiger partial charge in [-0.2, -0.15) is 0 Å². The van der Waals surface area contributed by atoms with Gasteiger partial charge in [-0.1, -0.05) is 19.8 Å². The lowest BCUT2D eigenvalue weighted by Gasteiger charge is -2.17. The number of halogens is 2. The van der Waals surface area contributed by atoms with Gasteiger partial charge in [0.15, 0.2) is 5.82 Å². The number of benzene rings is 1. The van der Waals surface area contributed by atoms with Crippen LogP contribution in [0.15, 0.2) is 17.0 Å². The summed E-state index contributed by atoms with van der Waals surface area (Å²) in [6.45, 7) is 0.968. The molecular formula is C14H19F2NO3S. The molecular weight excluding hydrogens is 300 g/mol. The monoisotopic (exact) mass is 319 g/mol. The van der Waals surface area contributed by atoms with Crippen LogP contribution in [0.3, 0.4) is 0 Å². The highest BCUT2D eigenvalue weighted by Gasteiger charge is 2.29. The molecule has 1 aliphatic carbocycles. The molecule has 0 spiro atoms. The number of aliphatic hydroxyl groups excluding tert-OH is 1. The first-order valence-electron chi connectivity index (χ1n) is 6.99. The third-order valence-electron chi connectivity index (χ3n) is 3.73. The van der Waals surface area contributed by atoms with Crippen molar-refractivity contribution in [2.24, 2.45) is 5.92 Å². The van der Waals surface area contributed by atoms with Gasteiger partial charge in [-0.3, -0.25) is 0 Å². The molecule has 0 bridgehead atoms. The van der Waals surface area contributed by atoms with Crippen molar-refractivity contribution in [1.29, 1.82) is 0 Å². The van der Waals surface area contributed by atoms with Crippen molar-refractivity contribution in [3.05, 3.63) is 29.3 Å². The van der Waals surface area contributed by atoms with Gasteiger partial charge < -0.3 is 5.11 Å². The molecule has 0 heterocycles. The molecule has 1 atom stereocenters. The van der Waals surface area contributed by atoms with Crippen LogP contribution >= 0.6 is 0 Å². The fourth-order valence-electron chi connectivity index (χ4n) is 2.27. The first-order chi connectivity index (χ1) is 9.89. The van der Waals surface area contributed by atoms with E-state index >= 15 is 0 Å². The zero-order valence-corrected chi connectivity index (χ0v) is 12.6. The summed E-state index contributed by atoms with van der Waals surface area (Å²) in [7, 11) is -4.07. The molecule has 1 aromatic rings. The van der Waals surface area contributed by atoms with Crippen molar-refractivity contribution in [1.82, 2.24) is 4.72 Å². The zero-order chi connectivity index (χ0) is 15.6. The average molecular weight is 319 g/mol. The van der Waals surface area contributed by atoms with E-state index in [-0.39, 0.29) is 6.04 Å². The smallest absolute Gasteiger partial charge is 0.243 e. The Labute approximate surface area is 123 Å². The van der Waals surface area contributed by atoms with E-state index in [1.807, 2.05) is 6.92 Å². The van der Waals surface area contributed by atoms with E-state index in [0.29, 0.717) is 12.3 Å². The molecule has 1 fully saturated rings. The molecule has 2 rings (SSSR count). The number of sulfonamides is 1. The second-order valence-electron chi connectivity index (χ2n) is 5.40. The summed E-state index contributed by atoms with van der Waals surface area (Å²) in [5, 5.41) is 8.95. The van der Waals surface area contributed by atoms with E-state index in [1.54, 1.807) is 0 Å². The van der Waals surface area contributed by atoms with Crippen molar-refractivity contribution in [3.63, 3.8) is 0 Å². The lowest BCUT2D eigenvalue weighted by Crippen LogP contribution is -2.35. The van der Waals surface area contributed by atoms with Crippen LogP contribution in [0.2, 0.25) is 0 Å². The Morgan fingerprint density at radius 2 is 2.05 bits per heavy atom. The average Bonchev–Trinajstić information content (AvgIpc) is 3.21. The molecule has 0 saturated heterocycles. The van der Waals surface area contributed by atoms with Gasteiger partial charge in [0, 0.05) is 6.04 Å². The lowest BCUT2D eigenvalue weighted by atomic mass is 10.1. The molecule has 1 aromatic carbocycles. The SMILES string of the molecule is CCC(CC1CC1)NS(=O)(=O)c1ccc(F)c(CO)c1F. The van der Waals surface area contributed by atoms with Crippen molar-refractivity contribution in [2.75, 3.05) is 0 Å². The summed E-state index contributed by atoms with van der Waals surface area (Å²) < 4.78 is 54.3. The van der Waals surface area contributed by atoms with Gasteiger partial charge in [-0.15, -0.1) is 0 Å². The second-order valence-corrected chi connectivity index (χ2v) is 7.08. The number of rotatable bonds is 7. The zero-order valence-electron chi connectivity index (χ0n) is 11.8. The first kappa shape index (κ1) is 16.3. The number of aliphatic hydroxyl groups is 1. The van der Waals surface area contributed by atoms with Gasteiger partial charge in [-0.25, -0.2) is 21.9 Å². The minimum absolute atomic E-state index is 0.260. The maximum absolute atomic E-state index is 14.0. The Morgan fingerprint density at radius 3 is 2.57 bits per heavy atom. The summed E-state index contributed by atoms with van der Waals surface area (Å²) >= 11 is 0. The summed E-state index contributed by atoms with van der Waals surface area (Å²) in [6, 6.07) is 1.48. The fraction of sp³-hybridized carbons (Fsp3) is 0.571. The molecule has 2 N–H and O–H groups in total. The molecule has 0 radical (unpaired) electrons. The van der Waals surface area contributed by atoms with Crippen LogP contribution in [0.4, 0.5) is 8.78 Å². The van der Waals surface area contributed by atoms with Crippen LogP contribution < -0.4 is 4.72 Å². The molecule has 0 aromatic heterocycles. The molecule has 1 unspecified atom stereocenters. The van der Waals surface area contributed by atoms with Crippen LogP contribution in [0.25, 0.3) is 0 Å². The maximum atomic E-state index is 14.0. The Hall–Kier alpha value is -1.05. The molecule has 0 aliphatic heterocycles. The maximum Gasteiger partial charge on any atom is 0.243 e. The molecule has 7 heteroatoms. The van der Waals surface area contributed by atoms with E-state index < -0.39 is 38.7 Å². The van der Waals surface area contributed by atoms with Crippen LogP contribution in [0.5, 0.6) is 0 Å². The summed E-state index contributed by atoms with van der Waals surface area (Å²) in [4.78, 5) is -0.623. The van der Waals surface area contributed by atoms with Crippen molar-refractivity contribution in [2.45, 2.75) is 50.2 Å².